The Morgan fingerprint density at radius 2 is 1.88 bits per heavy atom. The number of likely N-dealkylation sites (N-methyl/N-ethyl adjacent to an activating group) is 1. The van der Waals surface area contributed by atoms with Gasteiger partial charge >= 0.3 is 6.09 Å². The summed E-state index contributed by atoms with van der Waals surface area (Å²) in [6.07, 6.45) is 3.29. The maximum absolute atomic E-state index is 13.4. The topological polar surface area (TPSA) is 108 Å². The first-order valence-corrected chi connectivity index (χ1v) is 12.2. The number of amides is 3. The predicted octanol–water partition coefficient (Wildman–Crippen LogP) is 3.45. The Hall–Kier alpha value is -2.42. The van der Waals surface area contributed by atoms with E-state index in [1.807, 2.05) is 13.2 Å². The van der Waals surface area contributed by atoms with Crippen molar-refractivity contribution in [2.45, 2.75) is 64.6 Å². The van der Waals surface area contributed by atoms with Gasteiger partial charge in [0.15, 0.2) is 0 Å². The Kier molecular flexibility index (Phi) is 11.4. The van der Waals surface area contributed by atoms with E-state index in [0.717, 1.165) is 12.8 Å². The summed E-state index contributed by atoms with van der Waals surface area (Å²) in [5, 5.41) is 15.9. The fraction of sp³-hybridized carbons (Fsp3) is 0.609. The van der Waals surface area contributed by atoms with Crippen molar-refractivity contribution in [1.29, 1.82) is 0 Å². The molecule has 0 aliphatic heterocycles. The predicted molar refractivity (Wildman–Crippen MR) is 128 cm³/mol. The number of aromatic hydroxyl groups is 1. The van der Waals surface area contributed by atoms with Crippen LogP contribution in [-0.2, 0) is 14.3 Å². The number of nitrogens with one attached hydrogen (secondary N) is 2. The minimum absolute atomic E-state index is 0.0800. The van der Waals surface area contributed by atoms with Crippen molar-refractivity contribution in [2.24, 2.45) is 0 Å². The molecule has 32 heavy (non-hydrogen) atoms. The van der Waals surface area contributed by atoms with Crippen molar-refractivity contribution in [3.05, 3.63) is 29.8 Å². The van der Waals surface area contributed by atoms with Crippen LogP contribution in [0.2, 0.25) is 0 Å². The number of carbonyl (C=O) groups is 3. The summed E-state index contributed by atoms with van der Waals surface area (Å²) < 4.78 is 5.31. The van der Waals surface area contributed by atoms with Crippen molar-refractivity contribution in [3.8, 4) is 5.75 Å². The van der Waals surface area contributed by atoms with Gasteiger partial charge in [0, 0.05) is 19.2 Å². The van der Waals surface area contributed by atoms with E-state index in [0.29, 0.717) is 24.3 Å². The number of nitrogens with zero attached hydrogens (tertiary/aromatic N) is 1. The maximum Gasteiger partial charge on any atom is 0.408 e. The highest BCUT2D eigenvalue weighted by Crippen LogP contribution is 2.29. The molecule has 0 bridgehead atoms. The minimum Gasteiger partial charge on any atom is -0.508 e. The lowest BCUT2D eigenvalue weighted by Gasteiger charge is -2.32. The lowest BCUT2D eigenvalue weighted by atomic mass is 10.0. The second kappa shape index (κ2) is 13.2. The largest absolute Gasteiger partial charge is 0.508 e. The number of phenolic OH excluding ortho intramolecular Hbond substituents is 1. The van der Waals surface area contributed by atoms with Crippen LogP contribution in [0.15, 0.2) is 24.3 Å². The minimum atomic E-state index is -1.04. The zero-order valence-electron chi connectivity index (χ0n) is 19.9. The summed E-state index contributed by atoms with van der Waals surface area (Å²) in [6, 6.07) is 4.52. The van der Waals surface area contributed by atoms with Crippen LogP contribution < -0.4 is 10.6 Å². The van der Waals surface area contributed by atoms with Crippen LogP contribution in [0.3, 0.4) is 0 Å². The van der Waals surface area contributed by atoms with Gasteiger partial charge in [-0.05, 0) is 51.7 Å². The van der Waals surface area contributed by atoms with Gasteiger partial charge in [-0.1, -0.05) is 31.5 Å². The first kappa shape index (κ1) is 27.6. The molecule has 0 saturated heterocycles. The van der Waals surface area contributed by atoms with E-state index in [1.54, 1.807) is 50.7 Å². The summed E-state index contributed by atoms with van der Waals surface area (Å²) in [7, 11) is 1.50. The summed E-state index contributed by atoms with van der Waals surface area (Å²) in [6.45, 7) is 7.71. The molecule has 0 aliphatic carbocycles. The Bertz CT molecular complexity index is 766. The summed E-state index contributed by atoms with van der Waals surface area (Å²) >= 11 is 1.54. The van der Waals surface area contributed by atoms with Crippen molar-refractivity contribution in [1.82, 2.24) is 15.5 Å². The molecule has 2 unspecified atom stereocenters. The van der Waals surface area contributed by atoms with E-state index < -0.39 is 35.6 Å². The molecular formula is C23H37N3O5S. The molecule has 0 spiro atoms. The van der Waals surface area contributed by atoms with Gasteiger partial charge in [0.25, 0.3) is 0 Å². The Balaban J connectivity index is 3.17. The molecule has 1 aromatic rings. The second-order valence-electron chi connectivity index (χ2n) is 8.54. The van der Waals surface area contributed by atoms with Crippen LogP contribution in [0.5, 0.6) is 5.75 Å². The molecule has 0 aromatic heterocycles. The maximum atomic E-state index is 13.4. The van der Waals surface area contributed by atoms with Crippen molar-refractivity contribution >= 4 is 29.7 Å². The van der Waals surface area contributed by atoms with Gasteiger partial charge < -0.3 is 25.4 Å². The monoisotopic (exact) mass is 467 g/mol. The molecular weight excluding hydrogens is 430 g/mol. The third kappa shape index (κ3) is 8.98. The average Bonchev–Trinajstić information content (AvgIpc) is 2.71. The standard InChI is InChI=1S/C23H37N3O5S/c1-7-8-14-24-20(28)19(16-11-9-10-12-18(16)27)26(5)21(29)17(13-15-32-6)25-22(30)31-23(2,3)4/h9-12,17,19,27H,7-8,13-15H2,1-6H3,(H,24,28)(H,25,30). The van der Waals surface area contributed by atoms with Crippen LogP contribution in [0.1, 0.15) is 58.6 Å². The Morgan fingerprint density at radius 3 is 2.44 bits per heavy atom. The van der Waals surface area contributed by atoms with Gasteiger partial charge in [-0.3, -0.25) is 9.59 Å². The molecule has 3 amide bonds. The highest BCUT2D eigenvalue weighted by Gasteiger charge is 2.35. The number of thioether (sulfide) groups is 1. The average molecular weight is 468 g/mol. The van der Waals surface area contributed by atoms with E-state index in [4.69, 9.17) is 4.74 Å². The summed E-state index contributed by atoms with van der Waals surface area (Å²) in [5.74, 6) is -0.284. The summed E-state index contributed by atoms with van der Waals surface area (Å²) in [5.41, 5.74) is -0.390. The number of unbranched alkanes of at least 4 members (excludes halogenated alkanes) is 1. The smallest absolute Gasteiger partial charge is 0.408 e. The zero-order valence-corrected chi connectivity index (χ0v) is 20.8. The van der Waals surface area contributed by atoms with Crippen molar-refractivity contribution < 1.29 is 24.2 Å². The highest BCUT2D eigenvalue weighted by atomic mass is 32.2. The SMILES string of the molecule is CCCCNC(=O)C(c1ccccc1O)N(C)C(=O)C(CCSC)NC(=O)OC(C)(C)C. The number of ether oxygens (including phenoxy) is 1. The van der Waals surface area contributed by atoms with Crippen LogP contribution in [0.4, 0.5) is 4.79 Å². The Morgan fingerprint density at radius 1 is 1.22 bits per heavy atom. The molecule has 3 N–H and O–H groups in total. The lowest BCUT2D eigenvalue weighted by Crippen LogP contribution is -2.52. The summed E-state index contributed by atoms with van der Waals surface area (Å²) in [4.78, 5) is 40.0. The number of para-hydroxylation sites is 1. The van der Waals surface area contributed by atoms with Crippen molar-refractivity contribution in [3.63, 3.8) is 0 Å². The number of carbonyl (C=O) groups excluding carboxylic acids is 3. The third-order valence-corrected chi connectivity index (χ3v) is 5.29. The molecule has 0 radical (unpaired) electrons. The fourth-order valence-corrected chi connectivity index (χ4v) is 3.52. The van der Waals surface area contributed by atoms with Crippen LogP contribution >= 0.6 is 11.8 Å². The molecule has 1 aromatic carbocycles. The van der Waals surface area contributed by atoms with E-state index in [9.17, 15) is 19.5 Å². The van der Waals surface area contributed by atoms with E-state index >= 15 is 0 Å². The van der Waals surface area contributed by atoms with Gasteiger partial charge in [0.05, 0.1) is 0 Å². The first-order valence-electron chi connectivity index (χ1n) is 10.8. The molecule has 180 valence electrons. The van der Waals surface area contributed by atoms with Gasteiger partial charge in [0.2, 0.25) is 11.8 Å². The molecule has 8 nitrogen and oxygen atoms in total. The number of benzene rings is 1. The van der Waals surface area contributed by atoms with Crippen LogP contribution in [0, 0.1) is 0 Å². The third-order valence-electron chi connectivity index (χ3n) is 4.64. The number of hydrogen-bond donors (Lipinski definition) is 3. The zero-order chi connectivity index (χ0) is 24.3. The number of hydrogen-bond acceptors (Lipinski definition) is 6. The van der Waals surface area contributed by atoms with Crippen LogP contribution in [-0.4, -0.2) is 65.2 Å². The highest BCUT2D eigenvalue weighted by molar-refractivity contribution is 7.98. The lowest BCUT2D eigenvalue weighted by molar-refractivity contribution is -0.140. The molecule has 0 heterocycles. The molecule has 1 rings (SSSR count). The van der Waals surface area contributed by atoms with Crippen molar-refractivity contribution in [2.75, 3.05) is 25.6 Å². The number of phenols is 1. The molecule has 0 aliphatic rings. The van der Waals surface area contributed by atoms with E-state index in [2.05, 4.69) is 10.6 Å². The fourth-order valence-electron chi connectivity index (χ4n) is 3.05. The van der Waals surface area contributed by atoms with Gasteiger partial charge in [0.1, 0.15) is 23.4 Å². The van der Waals surface area contributed by atoms with Crippen LogP contribution in [0.25, 0.3) is 0 Å². The molecule has 2 atom stereocenters. The number of alkyl carbamates (subject to hydrolysis) is 1. The van der Waals surface area contributed by atoms with Gasteiger partial charge in [-0.15, -0.1) is 0 Å². The van der Waals surface area contributed by atoms with E-state index in [-0.39, 0.29) is 5.75 Å². The quantitative estimate of drug-likeness (QED) is 0.430. The molecule has 9 heteroatoms. The normalized spacial score (nSPS) is 13.1. The number of rotatable bonds is 11. The van der Waals surface area contributed by atoms with Gasteiger partial charge in [-0.2, -0.15) is 11.8 Å². The molecule has 0 fully saturated rings. The molecule has 0 saturated carbocycles. The second-order valence-corrected chi connectivity index (χ2v) is 9.52. The Labute approximate surface area is 195 Å². The van der Waals surface area contributed by atoms with Gasteiger partial charge in [-0.25, -0.2) is 4.79 Å². The first-order chi connectivity index (χ1) is 15.0. The van der Waals surface area contributed by atoms with E-state index in [1.165, 1.54) is 18.0 Å².